The summed E-state index contributed by atoms with van der Waals surface area (Å²) in [5.41, 5.74) is 5.41. The van der Waals surface area contributed by atoms with Gasteiger partial charge in [-0.3, -0.25) is 19.2 Å². The minimum Gasteiger partial charge on any atom is -0.463 e. The molecule has 1 fully saturated rings. The van der Waals surface area contributed by atoms with Crippen molar-refractivity contribution in [2.45, 2.75) is 62.4 Å². The Morgan fingerprint density at radius 1 is 0.839 bits per heavy atom. The Morgan fingerprint density at radius 3 is 1.87 bits per heavy atom. The average Bonchev–Trinajstić information content (AvgIpc) is 2.65. The fourth-order valence-electron chi connectivity index (χ4n) is 2.96. The number of anilines is 1. The van der Waals surface area contributed by atoms with Gasteiger partial charge in [0.15, 0.2) is 18.3 Å². The summed E-state index contributed by atoms with van der Waals surface area (Å²) < 4.78 is 27.2. The molecule has 2 rings (SSSR count). The van der Waals surface area contributed by atoms with Gasteiger partial charge >= 0.3 is 23.9 Å². The van der Waals surface area contributed by atoms with Gasteiger partial charge in [-0.2, -0.15) is 0 Å². The molecule has 10 nitrogen and oxygen atoms in total. The van der Waals surface area contributed by atoms with E-state index >= 15 is 0 Å². The predicted molar refractivity (Wildman–Crippen MR) is 109 cm³/mol. The number of nitrogen functional groups attached to an aromatic ring is 1. The maximum atomic E-state index is 11.8. The highest BCUT2D eigenvalue weighted by Crippen LogP contribution is 2.37. The highest BCUT2D eigenvalue weighted by atomic mass is 32.2. The minimum atomic E-state index is -1.19. The fraction of sp³-hybridized carbons (Fsp3) is 0.500. The number of hydrogen-bond donors (Lipinski definition) is 1. The molecule has 0 bridgehead atoms. The molecule has 1 saturated heterocycles. The molecule has 0 spiro atoms. The van der Waals surface area contributed by atoms with Gasteiger partial charge in [0.1, 0.15) is 18.1 Å². The summed E-state index contributed by atoms with van der Waals surface area (Å²) in [4.78, 5) is 47.4. The normalized spacial score (nSPS) is 25.2. The number of nitrogens with two attached hydrogens (primary N) is 1. The lowest BCUT2D eigenvalue weighted by molar-refractivity contribution is -0.237. The van der Waals surface area contributed by atoms with Crippen molar-refractivity contribution in [1.82, 2.24) is 0 Å². The number of carbonyl (C=O) groups excluding carboxylic acids is 4. The largest absolute Gasteiger partial charge is 0.463 e. The Balaban J connectivity index is 2.43. The molecule has 31 heavy (non-hydrogen) atoms. The molecule has 1 aliphatic rings. The molecule has 1 aromatic carbocycles. The maximum absolute atomic E-state index is 11.8. The molecular weight excluding hydrogens is 430 g/mol. The van der Waals surface area contributed by atoms with Gasteiger partial charge in [0, 0.05) is 38.3 Å². The molecule has 1 aromatic rings. The number of esters is 4. The van der Waals surface area contributed by atoms with E-state index in [1.165, 1.54) is 39.5 Å². The third kappa shape index (κ3) is 7.44. The van der Waals surface area contributed by atoms with E-state index in [9.17, 15) is 19.2 Å². The zero-order chi connectivity index (χ0) is 23.1. The van der Waals surface area contributed by atoms with Crippen LogP contribution in [-0.4, -0.2) is 60.3 Å². The molecule has 2 N–H and O–H groups in total. The van der Waals surface area contributed by atoms with Crippen LogP contribution in [0.15, 0.2) is 29.2 Å². The van der Waals surface area contributed by atoms with E-state index in [1.807, 2.05) is 0 Å². The molecule has 0 amide bonds. The lowest BCUT2D eigenvalue weighted by Crippen LogP contribution is -2.61. The van der Waals surface area contributed by atoms with E-state index in [2.05, 4.69) is 0 Å². The lowest BCUT2D eigenvalue weighted by Gasteiger charge is -2.44. The molecular formula is C20H25NO9S. The standard InChI is InChI=1S/C20H25NO9S/c1-10(22)26-9-16-17(27-11(2)23)18(28-12(3)24)19(29-13(4)25)20(30-16)31-15-7-5-14(21)6-8-15/h5-8,16-20H,9,21H2,1-4H3/t16-,17+,18+,19-,20+/m1/s1. The first kappa shape index (κ1) is 24.5. The molecule has 11 heteroatoms. The van der Waals surface area contributed by atoms with Crippen molar-refractivity contribution in [3.05, 3.63) is 24.3 Å². The van der Waals surface area contributed by atoms with Gasteiger partial charge in [-0.15, -0.1) is 0 Å². The molecule has 0 radical (unpaired) electrons. The quantitative estimate of drug-likeness (QED) is 0.363. The van der Waals surface area contributed by atoms with Crippen molar-refractivity contribution >= 4 is 41.3 Å². The van der Waals surface area contributed by atoms with E-state index in [1.54, 1.807) is 24.3 Å². The van der Waals surface area contributed by atoms with Crippen molar-refractivity contribution in [1.29, 1.82) is 0 Å². The summed E-state index contributed by atoms with van der Waals surface area (Å²) in [6.45, 7) is 4.49. The van der Waals surface area contributed by atoms with Crippen molar-refractivity contribution < 1.29 is 42.9 Å². The number of hydrogen-bond acceptors (Lipinski definition) is 11. The molecule has 1 heterocycles. The summed E-state index contributed by atoms with van der Waals surface area (Å²) in [5.74, 6) is -2.57. The van der Waals surface area contributed by atoms with Crippen molar-refractivity contribution in [3.63, 3.8) is 0 Å². The second kappa shape index (κ2) is 11.0. The Kier molecular flexibility index (Phi) is 8.69. The molecule has 0 unspecified atom stereocenters. The van der Waals surface area contributed by atoms with E-state index in [4.69, 9.17) is 29.4 Å². The second-order valence-electron chi connectivity index (χ2n) is 6.75. The summed E-state index contributed by atoms with van der Waals surface area (Å²) in [7, 11) is 0. The van der Waals surface area contributed by atoms with Gasteiger partial charge in [0.2, 0.25) is 0 Å². The van der Waals surface area contributed by atoms with Gasteiger partial charge in [0.25, 0.3) is 0 Å². The smallest absolute Gasteiger partial charge is 0.303 e. The molecule has 0 saturated carbocycles. The highest BCUT2D eigenvalue weighted by molar-refractivity contribution is 7.99. The van der Waals surface area contributed by atoms with Crippen LogP contribution < -0.4 is 5.73 Å². The molecule has 170 valence electrons. The van der Waals surface area contributed by atoms with Crippen molar-refractivity contribution in [3.8, 4) is 0 Å². The Morgan fingerprint density at radius 2 is 1.35 bits per heavy atom. The van der Waals surface area contributed by atoms with Crippen molar-refractivity contribution in [2.75, 3.05) is 12.3 Å². The van der Waals surface area contributed by atoms with Crippen LogP contribution in [0.5, 0.6) is 0 Å². The van der Waals surface area contributed by atoms with Gasteiger partial charge in [-0.25, -0.2) is 0 Å². The van der Waals surface area contributed by atoms with Gasteiger partial charge in [-0.05, 0) is 24.3 Å². The number of rotatable bonds is 7. The Hall–Kier alpha value is -2.79. The van der Waals surface area contributed by atoms with Crippen LogP contribution in [0.1, 0.15) is 27.7 Å². The highest BCUT2D eigenvalue weighted by Gasteiger charge is 2.52. The van der Waals surface area contributed by atoms with Crippen LogP contribution in [0.3, 0.4) is 0 Å². The Bertz CT molecular complexity index is 813. The van der Waals surface area contributed by atoms with Crippen LogP contribution >= 0.6 is 11.8 Å². The van der Waals surface area contributed by atoms with Gasteiger partial charge < -0.3 is 29.4 Å². The summed E-state index contributed by atoms with van der Waals surface area (Å²) in [5, 5.41) is 0. The minimum absolute atomic E-state index is 0.267. The topological polar surface area (TPSA) is 140 Å². The van der Waals surface area contributed by atoms with E-state index in [0.717, 1.165) is 4.90 Å². The van der Waals surface area contributed by atoms with Gasteiger partial charge in [-0.1, -0.05) is 11.8 Å². The zero-order valence-corrected chi connectivity index (χ0v) is 18.4. The summed E-state index contributed by atoms with van der Waals surface area (Å²) in [6.07, 6.45) is -4.45. The van der Waals surface area contributed by atoms with Crippen LogP contribution in [0.4, 0.5) is 5.69 Å². The molecule has 0 aromatic heterocycles. The van der Waals surface area contributed by atoms with Gasteiger partial charge in [0.05, 0.1) is 0 Å². The summed E-state index contributed by atoms with van der Waals surface area (Å²) in [6, 6.07) is 6.86. The second-order valence-corrected chi connectivity index (χ2v) is 7.93. The number of carbonyl (C=O) groups is 4. The fourth-order valence-corrected chi connectivity index (χ4v) is 4.07. The van der Waals surface area contributed by atoms with E-state index in [-0.39, 0.29) is 6.61 Å². The molecule has 0 aliphatic carbocycles. The third-order valence-corrected chi connectivity index (χ3v) is 5.24. The average molecular weight is 455 g/mol. The van der Waals surface area contributed by atoms with Crippen LogP contribution in [-0.2, 0) is 42.9 Å². The monoisotopic (exact) mass is 455 g/mol. The number of thioether (sulfide) groups is 1. The first-order chi connectivity index (χ1) is 14.6. The zero-order valence-electron chi connectivity index (χ0n) is 17.6. The summed E-state index contributed by atoms with van der Waals surface area (Å²) >= 11 is 1.19. The Labute approximate surface area is 183 Å². The predicted octanol–water partition coefficient (Wildman–Crippen LogP) is 1.44. The SMILES string of the molecule is CC(=O)OC[C@H]1O[C@@H](Sc2ccc(N)cc2)[C@H](OC(C)=O)[C@@H](OC(C)=O)[C@H]1OC(C)=O. The number of ether oxygens (including phenoxy) is 5. The lowest BCUT2D eigenvalue weighted by atomic mass is 9.99. The first-order valence-corrected chi connectivity index (χ1v) is 10.3. The van der Waals surface area contributed by atoms with E-state index < -0.39 is 53.7 Å². The third-order valence-electron chi connectivity index (χ3n) is 4.08. The molecule has 5 atom stereocenters. The van der Waals surface area contributed by atoms with Crippen molar-refractivity contribution in [2.24, 2.45) is 0 Å². The van der Waals surface area contributed by atoms with E-state index in [0.29, 0.717) is 5.69 Å². The van der Waals surface area contributed by atoms with Crippen LogP contribution in [0.25, 0.3) is 0 Å². The van der Waals surface area contributed by atoms with Crippen LogP contribution in [0.2, 0.25) is 0 Å². The number of benzene rings is 1. The van der Waals surface area contributed by atoms with Crippen LogP contribution in [0, 0.1) is 0 Å². The first-order valence-electron chi connectivity index (χ1n) is 9.39. The molecule has 1 aliphatic heterocycles. The maximum Gasteiger partial charge on any atom is 0.303 e.